The van der Waals surface area contributed by atoms with Gasteiger partial charge in [0.2, 0.25) is 0 Å². The van der Waals surface area contributed by atoms with Gasteiger partial charge in [-0.3, -0.25) is 4.79 Å². The molecule has 2 aromatic carbocycles. The lowest BCUT2D eigenvalue weighted by Crippen LogP contribution is -2.28. The van der Waals surface area contributed by atoms with E-state index in [0.717, 1.165) is 6.42 Å². The molecule has 0 unspecified atom stereocenters. The zero-order valence-corrected chi connectivity index (χ0v) is 14.9. The number of hydrogen-bond acceptors (Lipinski definition) is 4. The van der Waals surface area contributed by atoms with Gasteiger partial charge in [0, 0.05) is 17.0 Å². The maximum absolute atomic E-state index is 12.3. The summed E-state index contributed by atoms with van der Waals surface area (Å²) in [6.45, 7) is 1.77. The van der Waals surface area contributed by atoms with Crippen molar-refractivity contribution in [3.05, 3.63) is 52.0 Å². The van der Waals surface area contributed by atoms with Crippen molar-refractivity contribution in [2.24, 2.45) is 0 Å². The Balaban J connectivity index is 1.55. The van der Waals surface area contributed by atoms with E-state index in [1.165, 1.54) is 0 Å². The fourth-order valence-electron chi connectivity index (χ4n) is 2.33. The second-order valence-corrected chi connectivity index (χ2v) is 6.24. The summed E-state index contributed by atoms with van der Waals surface area (Å²) in [4.78, 5) is 12.3. The molecule has 5 nitrogen and oxygen atoms in total. The number of carbonyl (C=O) groups excluding carboxylic acids is 1. The van der Waals surface area contributed by atoms with Crippen molar-refractivity contribution in [1.29, 1.82) is 0 Å². The summed E-state index contributed by atoms with van der Waals surface area (Å²) in [5, 5.41) is 3.79. The van der Waals surface area contributed by atoms with Crippen molar-refractivity contribution in [2.45, 2.75) is 6.42 Å². The van der Waals surface area contributed by atoms with Crippen molar-refractivity contribution in [2.75, 3.05) is 26.4 Å². The predicted molar refractivity (Wildman–Crippen MR) is 96.3 cm³/mol. The number of rotatable bonds is 5. The van der Waals surface area contributed by atoms with Gasteiger partial charge in [-0.2, -0.15) is 0 Å². The first-order valence-corrected chi connectivity index (χ1v) is 8.65. The van der Waals surface area contributed by atoms with E-state index in [1.54, 1.807) is 36.4 Å². The average Bonchev–Trinajstić information content (AvgIpc) is 2.86. The summed E-state index contributed by atoms with van der Waals surface area (Å²) in [6.07, 6.45) is 0.772. The van der Waals surface area contributed by atoms with E-state index in [4.69, 9.17) is 37.4 Å². The Morgan fingerprint density at radius 3 is 2.68 bits per heavy atom. The fourth-order valence-corrected chi connectivity index (χ4v) is 2.72. The number of halogens is 2. The van der Waals surface area contributed by atoms with E-state index in [2.05, 4.69) is 5.32 Å². The van der Waals surface area contributed by atoms with E-state index in [1.807, 2.05) is 0 Å². The summed E-state index contributed by atoms with van der Waals surface area (Å²) >= 11 is 12.0. The van der Waals surface area contributed by atoms with E-state index in [-0.39, 0.29) is 5.91 Å². The molecule has 0 radical (unpaired) electrons. The van der Waals surface area contributed by atoms with E-state index in [9.17, 15) is 4.79 Å². The molecule has 2 aromatic rings. The summed E-state index contributed by atoms with van der Waals surface area (Å²) in [7, 11) is 0. The Bertz CT molecular complexity index is 749. The summed E-state index contributed by atoms with van der Waals surface area (Å²) < 4.78 is 16.7. The van der Waals surface area contributed by atoms with Crippen LogP contribution in [0, 0.1) is 0 Å². The van der Waals surface area contributed by atoms with Crippen LogP contribution >= 0.6 is 23.2 Å². The molecule has 0 spiro atoms. The van der Waals surface area contributed by atoms with Crippen LogP contribution in [-0.2, 0) is 0 Å². The van der Waals surface area contributed by atoms with Crippen LogP contribution in [0.15, 0.2) is 36.4 Å². The largest absolute Gasteiger partial charge is 0.492 e. The van der Waals surface area contributed by atoms with Gasteiger partial charge in [0.1, 0.15) is 12.4 Å². The van der Waals surface area contributed by atoms with Gasteiger partial charge in [-0.15, -0.1) is 0 Å². The minimum atomic E-state index is -0.253. The topological polar surface area (TPSA) is 56.8 Å². The maximum Gasteiger partial charge on any atom is 0.251 e. The van der Waals surface area contributed by atoms with Crippen molar-refractivity contribution >= 4 is 29.1 Å². The first-order chi connectivity index (χ1) is 12.1. The number of benzene rings is 2. The fraction of sp³-hybridized carbons (Fsp3) is 0.278. The van der Waals surface area contributed by atoms with Gasteiger partial charge in [0.05, 0.1) is 24.8 Å². The van der Waals surface area contributed by atoms with Crippen LogP contribution in [0.3, 0.4) is 0 Å². The van der Waals surface area contributed by atoms with Gasteiger partial charge in [-0.1, -0.05) is 23.2 Å². The minimum absolute atomic E-state index is 0.253. The molecular formula is C18H17Cl2NO4. The number of nitrogens with one attached hydrogen (secondary N) is 1. The molecule has 1 amide bonds. The van der Waals surface area contributed by atoms with Crippen LogP contribution in [-0.4, -0.2) is 32.3 Å². The van der Waals surface area contributed by atoms with E-state index >= 15 is 0 Å². The quantitative estimate of drug-likeness (QED) is 0.796. The van der Waals surface area contributed by atoms with Crippen LogP contribution in [0.4, 0.5) is 0 Å². The molecule has 25 heavy (non-hydrogen) atoms. The molecule has 0 saturated heterocycles. The molecule has 0 aromatic heterocycles. The molecule has 3 rings (SSSR count). The predicted octanol–water partition coefficient (Wildman–Crippen LogP) is 3.96. The number of hydrogen-bond donors (Lipinski definition) is 1. The molecule has 1 aliphatic heterocycles. The van der Waals surface area contributed by atoms with Gasteiger partial charge >= 0.3 is 0 Å². The second-order valence-electron chi connectivity index (χ2n) is 5.39. The van der Waals surface area contributed by atoms with Crippen LogP contribution in [0.25, 0.3) is 0 Å². The number of ether oxygens (including phenoxy) is 3. The molecule has 132 valence electrons. The maximum atomic E-state index is 12.3. The van der Waals surface area contributed by atoms with Gasteiger partial charge in [-0.25, -0.2) is 0 Å². The normalized spacial score (nSPS) is 13.0. The molecule has 1 N–H and O–H groups in total. The minimum Gasteiger partial charge on any atom is -0.492 e. The molecule has 0 fully saturated rings. The van der Waals surface area contributed by atoms with E-state index < -0.39 is 0 Å². The lowest BCUT2D eigenvalue weighted by atomic mass is 10.2. The second kappa shape index (κ2) is 8.32. The smallest absolute Gasteiger partial charge is 0.251 e. The number of amides is 1. The summed E-state index contributed by atoms with van der Waals surface area (Å²) in [5.41, 5.74) is 0.417. The molecular weight excluding hydrogens is 365 g/mol. The molecule has 1 aliphatic rings. The van der Waals surface area contributed by atoms with Crippen LogP contribution in [0.1, 0.15) is 16.8 Å². The molecule has 0 saturated carbocycles. The average molecular weight is 382 g/mol. The summed E-state index contributed by atoms with van der Waals surface area (Å²) in [5.74, 6) is 1.42. The third-order valence-corrected chi connectivity index (χ3v) is 4.07. The monoisotopic (exact) mass is 381 g/mol. The molecule has 0 atom stereocenters. The molecule has 1 heterocycles. The Morgan fingerprint density at radius 1 is 1.12 bits per heavy atom. The Morgan fingerprint density at radius 2 is 1.88 bits per heavy atom. The van der Waals surface area contributed by atoms with Crippen molar-refractivity contribution in [3.63, 3.8) is 0 Å². The molecule has 7 heteroatoms. The lowest BCUT2D eigenvalue weighted by molar-refractivity contribution is 0.0946. The first-order valence-electron chi connectivity index (χ1n) is 7.89. The highest BCUT2D eigenvalue weighted by atomic mass is 35.5. The van der Waals surface area contributed by atoms with Crippen molar-refractivity contribution in [1.82, 2.24) is 5.32 Å². The highest BCUT2D eigenvalue weighted by Gasteiger charge is 2.18. The zero-order valence-electron chi connectivity index (χ0n) is 13.4. The van der Waals surface area contributed by atoms with Gasteiger partial charge < -0.3 is 19.5 Å². The van der Waals surface area contributed by atoms with Gasteiger partial charge in [0.25, 0.3) is 5.91 Å². The van der Waals surface area contributed by atoms with Crippen molar-refractivity contribution < 1.29 is 19.0 Å². The highest BCUT2D eigenvalue weighted by molar-refractivity contribution is 6.32. The molecule has 0 aliphatic carbocycles. The Kier molecular flexibility index (Phi) is 5.89. The third kappa shape index (κ3) is 4.71. The van der Waals surface area contributed by atoms with Crippen LogP contribution < -0.4 is 19.5 Å². The zero-order chi connectivity index (χ0) is 17.6. The first kappa shape index (κ1) is 17.7. The number of fused-ring (bicyclic) bond motifs is 1. The Labute approximate surface area is 155 Å². The number of carbonyl (C=O) groups is 1. The SMILES string of the molecule is O=C(NCCOc1ccc(Cl)cc1)c1cc(Cl)c2c(c1)OCCCO2. The van der Waals surface area contributed by atoms with Crippen LogP contribution in [0.2, 0.25) is 10.0 Å². The van der Waals surface area contributed by atoms with Gasteiger partial charge in [-0.05, 0) is 36.4 Å². The molecule has 0 bridgehead atoms. The van der Waals surface area contributed by atoms with Gasteiger partial charge in [0.15, 0.2) is 11.5 Å². The lowest BCUT2D eigenvalue weighted by Gasteiger charge is -2.12. The standard InChI is InChI=1S/C18H17Cl2NO4/c19-13-2-4-14(5-3-13)23-9-6-21-18(22)12-10-15(20)17-16(11-12)24-7-1-8-25-17/h2-5,10-11H,1,6-9H2,(H,21,22). The third-order valence-electron chi connectivity index (χ3n) is 3.53. The Hall–Kier alpha value is -2.11. The van der Waals surface area contributed by atoms with Crippen LogP contribution in [0.5, 0.6) is 17.2 Å². The van der Waals surface area contributed by atoms with Crippen molar-refractivity contribution in [3.8, 4) is 17.2 Å². The van der Waals surface area contributed by atoms with E-state index in [0.29, 0.717) is 59.2 Å². The summed E-state index contributed by atoms with van der Waals surface area (Å²) in [6, 6.07) is 10.2. The highest BCUT2D eigenvalue weighted by Crippen LogP contribution is 2.37.